The van der Waals surface area contributed by atoms with Crippen molar-refractivity contribution >= 4 is 23.2 Å². The van der Waals surface area contributed by atoms with Crippen molar-refractivity contribution in [3.8, 4) is 0 Å². The fourth-order valence-electron chi connectivity index (χ4n) is 2.08. The molecule has 0 bridgehead atoms. The molecule has 1 unspecified atom stereocenters. The summed E-state index contributed by atoms with van der Waals surface area (Å²) < 4.78 is 27.4. The highest BCUT2D eigenvalue weighted by Gasteiger charge is 2.18. The smallest absolute Gasteiger partial charge is 0.129 e. The van der Waals surface area contributed by atoms with E-state index in [1.165, 1.54) is 18.2 Å². The second kappa shape index (κ2) is 6.53. The Hall–Kier alpha value is -1.16. The molecule has 0 spiro atoms. The lowest BCUT2D eigenvalue weighted by Gasteiger charge is -2.19. The lowest BCUT2D eigenvalue weighted by molar-refractivity contribution is 0.515. The van der Waals surface area contributed by atoms with Gasteiger partial charge in [-0.2, -0.15) is 0 Å². The number of hydrogen-bond donors (Lipinski definition) is 1. The largest absolute Gasteiger partial charge is 0.313 e. The predicted molar refractivity (Wildman–Crippen MR) is 78.3 cm³/mol. The van der Waals surface area contributed by atoms with Gasteiger partial charge in [0.05, 0.1) is 0 Å². The molecule has 1 atom stereocenters. The third-order valence-corrected chi connectivity index (χ3v) is 3.73. The van der Waals surface area contributed by atoms with E-state index < -0.39 is 11.6 Å². The Bertz CT molecular complexity index is 597. The Morgan fingerprint density at radius 3 is 2.35 bits per heavy atom. The van der Waals surface area contributed by atoms with E-state index in [1.54, 1.807) is 25.2 Å². The molecule has 0 saturated heterocycles. The highest BCUT2D eigenvalue weighted by Crippen LogP contribution is 2.29. The maximum absolute atomic E-state index is 13.7. The first-order valence-corrected chi connectivity index (χ1v) is 6.83. The van der Waals surface area contributed by atoms with E-state index in [0.29, 0.717) is 15.6 Å². The molecule has 1 nitrogen and oxygen atoms in total. The molecule has 106 valence electrons. The minimum Gasteiger partial charge on any atom is -0.313 e. The van der Waals surface area contributed by atoms with Gasteiger partial charge in [0.2, 0.25) is 0 Å². The van der Waals surface area contributed by atoms with Crippen LogP contribution in [0.15, 0.2) is 36.4 Å². The molecule has 0 aliphatic rings. The Morgan fingerprint density at radius 1 is 1.10 bits per heavy atom. The van der Waals surface area contributed by atoms with Gasteiger partial charge in [-0.15, -0.1) is 0 Å². The first kappa shape index (κ1) is 15.2. The molecule has 0 aliphatic heterocycles. The molecule has 2 aromatic carbocycles. The minimum absolute atomic E-state index is 0.0305. The van der Waals surface area contributed by atoms with Gasteiger partial charge < -0.3 is 5.32 Å². The summed E-state index contributed by atoms with van der Waals surface area (Å²) in [4.78, 5) is 0. The summed E-state index contributed by atoms with van der Waals surface area (Å²) in [5, 5.41) is 4.04. The monoisotopic (exact) mass is 315 g/mol. The Kier molecular flexibility index (Phi) is 4.97. The molecular weight excluding hydrogens is 303 g/mol. The maximum Gasteiger partial charge on any atom is 0.129 e. The zero-order valence-electron chi connectivity index (χ0n) is 10.8. The van der Waals surface area contributed by atoms with Gasteiger partial charge in [0, 0.05) is 21.7 Å². The summed E-state index contributed by atoms with van der Waals surface area (Å²) in [6.45, 7) is 0. The van der Waals surface area contributed by atoms with Crippen molar-refractivity contribution in [2.45, 2.75) is 12.5 Å². The summed E-state index contributed by atoms with van der Waals surface area (Å²) in [6.07, 6.45) is 0.148. The zero-order chi connectivity index (χ0) is 14.7. The lowest BCUT2D eigenvalue weighted by atomic mass is 9.98. The van der Waals surface area contributed by atoms with Gasteiger partial charge in [-0.3, -0.25) is 0 Å². The number of benzene rings is 2. The fourth-order valence-corrected chi connectivity index (χ4v) is 2.51. The van der Waals surface area contributed by atoms with Gasteiger partial charge in [0.1, 0.15) is 11.6 Å². The van der Waals surface area contributed by atoms with Crippen LogP contribution in [0.3, 0.4) is 0 Å². The SMILES string of the molecule is CNC(Cc1c(F)cccc1F)c1cc(Cl)ccc1Cl. The average molecular weight is 316 g/mol. The standard InChI is InChI=1S/C15H13Cl2F2N/c1-20-15(10-7-9(16)5-6-12(10)17)8-11-13(18)3-2-4-14(11)19/h2-7,15,20H,8H2,1H3. The first-order chi connectivity index (χ1) is 9.52. The fraction of sp³-hybridized carbons (Fsp3) is 0.200. The van der Waals surface area contributed by atoms with Gasteiger partial charge in [-0.1, -0.05) is 29.3 Å². The van der Waals surface area contributed by atoms with Crippen LogP contribution >= 0.6 is 23.2 Å². The molecule has 0 aromatic heterocycles. The predicted octanol–water partition coefficient (Wildman–Crippen LogP) is 4.77. The van der Waals surface area contributed by atoms with E-state index in [0.717, 1.165) is 0 Å². The Balaban J connectivity index is 2.36. The van der Waals surface area contributed by atoms with Crippen LogP contribution in [-0.2, 0) is 6.42 Å². The van der Waals surface area contributed by atoms with Gasteiger partial charge >= 0.3 is 0 Å². The minimum atomic E-state index is -0.566. The molecule has 0 fully saturated rings. The van der Waals surface area contributed by atoms with E-state index in [9.17, 15) is 8.78 Å². The van der Waals surface area contributed by atoms with Gasteiger partial charge in [-0.25, -0.2) is 8.78 Å². The van der Waals surface area contributed by atoms with Crippen molar-refractivity contribution in [1.29, 1.82) is 0 Å². The van der Waals surface area contributed by atoms with Crippen LogP contribution in [0.25, 0.3) is 0 Å². The van der Waals surface area contributed by atoms with E-state index in [1.807, 2.05) is 0 Å². The van der Waals surface area contributed by atoms with Gasteiger partial charge in [0.15, 0.2) is 0 Å². The van der Waals surface area contributed by atoms with Crippen LogP contribution in [-0.4, -0.2) is 7.05 Å². The molecule has 20 heavy (non-hydrogen) atoms. The number of rotatable bonds is 4. The van der Waals surface area contributed by atoms with Crippen LogP contribution in [0.5, 0.6) is 0 Å². The molecule has 0 aliphatic carbocycles. The summed E-state index contributed by atoms with van der Waals surface area (Å²) >= 11 is 12.1. The van der Waals surface area contributed by atoms with Gasteiger partial charge in [0.25, 0.3) is 0 Å². The molecule has 2 aromatic rings. The van der Waals surface area contributed by atoms with Crippen LogP contribution in [0.2, 0.25) is 10.0 Å². The second-order valence-electron chi connectivity index (χ2n) is 4.41. The number of hydrogen-bond acceptors (Lipinski definition) is 1. The van der Waals surface area contributed by atoms with Crippen LogP contribution in [0.4, 0.5) is 8.78 Å². The highest BCUT2D eigenvalue weighted by molar-refractivity contribution is 6.33. The van der Waals surface area contributed by atoms with Crippen molar-refractivity contribution in [2.24, 2.45) is 0 Å². The van der Waals surface area contributed by atoms with E-state index in [2.05, 4.69) is 5.32 Å². The molecule has 0 saturated carbocycles. The topological polar surface area (TPSA) is 12.0 Å². The summed E-state index contributed by atoms with van der Waals surface area (Å²) in [7, 11) is 1.71. The summed E-state index contributed by atoms with van der Waals surface area (Å²) in [6, 6.07) is 8.53. The van der Waals surface area contributed by atoms with Crippen molar-refractivity contribution in [1.82, 2.24) is 5.32 Å². The van der Waals surface area contributed by atoms with Crippen molar-refractivity contribution < 1.29 is 8.78 Å². The summed E-state index contributed by atoms with van der Waals surface area (Å²) in [5.74, 6) is -1.13. The molecule has 5 heteroatoms. The molecule has 0 heterocycles. The average Bonchev–Trinajstić information content (AvgIpc) is 2.42. The highest BCUT2D eigenvalue weighted by atomic mass is 35.5. The summed E-state index contributed by atoms with van der Waals surface area (Å²) in [5.41, 5.74) is 0.743. The molecule has 1 N–H and O–H groups in total. The van der Waals surface area contributed by atoms with Crippen LogP contribution in [0, 0.1) is 11.6 Å². The third-order valence-electron chi connectivity index (χ3n) is 3.15. The molecule has 2 rings (SSSR count). The molecule has 0 radical (unpaired) electrons. The first-order valence-electron chi connectivity index (χ1n) is 6.08. The lowest BCUT2D eigenvalue weighted by Crippen LogP contribution is -2.20. The Morgan fingerprint density at radius 2 is 1.75 bits per heavy atom. The van der Waals surface area contributed by atoms with Crippen molar-refractivity contribution in [2.75, 3.05) is 7.05 Å². The van der Waals surface area contributed by atoms with Gasteiger partial charge in [-0.05, 0) is 49.4 Å². The van der Waals surface area contributed by atoms with Crippen LogP contribution in [0.1, 0.15) is 17.2 Å². The Labute approximate surface area is 126 Å². The third kappa shape index (κ3) is 3.29. The van der Waals surface area contributed by atoms with Crippen molar-refractivity contribution in [3.63, 3.8) is 0 Å². The zero-order valence-corrected chi connectivity index (χ0v) is 12.3. The molecular formula is C15H13Cl2F2N. The number of likely N-dealkylation sites (N-methyl/N-ethyl adjacent to an activating group) is 1. The van der Waals surface area contributed by atoms with E-state index in [4.69, 9.17) is 23.2 Å². The maximum atomic E-state index is 13.7. The number of nitrogens with one attached hydrogen (secondary N) is 1. The van der Waals surface area contributed by atoms with Crippen molar-refractivity contribution in [3.05, 3.63) is 69.2 Å². The van der Waals surface area contributed by atoms with E-state index in [-0.39, 0.29) is 18.0 Å². The number of halogens is 4. The quantitative estimate of drug-likeness (QED) is 0.856. The molecule has 0 amide bonds. The second-order valence-corrected chi connectivity index (χ2v) is 5.26. The van der Waals surface area contributed by atoms with E-state index >= 15 is 0 Å². The normalized spacial score (nSPS) is 12.4. The van der Waals surface area contributed by atoms with Crippen LogP contribution < -0.4 is 5.32 Å².